The van der Waals surface area contributed by atoms with Crippen molar-refractivity contribution in [3.05, 3.63) is 35.4 Å². The van der Waals surface area contributed by atoms with Crippen LogP contribution in [0, 0.1) is 6.92 Å². The van der Waals surface area contributed by atoms with Crippen LogP contribution in [-0.2, 0) is 19.4 Å². The van der Waals surface area contributed by atoms with Crippen molar-refractivity contribution in [1.82, 2.24) is 0 Å². The summed E-state index contributed by atoms with van der Waals surface area (Å²) in [6.07, 6.45) is 0.669. The summed E-state index contributed by atoms with van der Waals surface area (Å²) in [5, 5.41) is -1.23. The van der Waals surface area contributed by atoms with Gasteiger partial charge in [-0.05, 0) is 32.4 Å². The monoisotopic (exact) mass is 324 g/mol. The minimum atomic E-state index is -3.85. The van der Waals surface area contributed by atoms with E-state index in [1.807, 2.05) is 6.92 Å². The lowest BCUT2D eigenvalue weighted by molar-refractivity contribution is -0.140. The molecule has 0 amide bonds. The minimum absolute atomic E-state index is 0.0707. The first-order valence-electron chi connectivity index (χ1n) is 7.08. The number of ether oxygens (including phenoxy) is 1. The van der Waals surface area contributed by atoms with Gasteiger partial charge >= 0.3 is 11.7 Å². The summed E-state index contributed by atoms with van der Waals surface area (Å²) >= 11 is 0. The first kappa shape index (κ1) is 18.1. The van der Waals surface area contributed by atoms with Crippen LogP contribution in [0.25, 0.3) is 5.53 Å². The average molecular weight is 324 g/mol. The molecule has 0 N–H and O–H groups in total. The van der Waals surface area contributed by atoms with Gasteiger partial charge in [-0.3, -0.25) is 0 Å². The Kier molecular flexibility index (Phi) is 6.46. The molecule has 0 spiro atoms. The third-order valence-electron chi connectivity index (χ3n) is 3.17. The second-order valence-corrected chi connectivity index (χ2v) is 6.97. The number of hydrogen-bond donors (Lipinski definition) is 0. The third-order valence-corrected chi connectivity index (χ3v) is 5.31. The van der Waals surface area contributed by atoms with Gasteiger partial charge in [0.15, 0.2) is 15.1 Å². The second kappa shape index (κ2) is 7.87. The molecule has 1 aromatic rings. The molecule has 0 aliphatic rings. The Morgan fingerprint density at radius 1 is 1.27 bits per heavy atom. The molecule has 0 heterocycles. The Labute approximate surface area is 130 Å². The van der Waals surface area contributed by atoms with E-state index in [1.54, 1.807) is 26.0 Å². The standard InChI is InChI=1S/C15H20N2O4S/c1-4-6-13(14(17-16)15(18)21-5-2)22(19,20)12-9-7-11(3)8-10-12/h7-10,13H,4-6H2,1-3H3. The molecule has 6 nitrogen and oxygen atoms in total. The number of benzene rings is 1. The fourth-order valence-corrected chi connectivity index (χ4v) is 3.86. The van der Waals surface area contributed by atoms with Gasteiger partial charge in [-0.15, -0.1) is 0 Å². The van der Waals surface area contributed by atoms with Gasteiger partial charge < -0.3 is 10.3 Å². The topological polar surface area (TPSA) is 96.8 Å². The zero-order valence-corrected chi connectivity index (χ0v) is 13.8. The van der Waals surface area contributed by atoms with Crippen molar-refractivity contribution in [1.29, 1.82) is 0 Å². The van der Waals surface area contributed by atoms with Gasteiger partial charge in [0.25, 0.3) is 0 Å². The maximum Gasteiger partial charge on any atom is 0.418 e. The highest BCUT2D eigenvalue weighted by atomic mass is 32.2. The first-order valence-corrected chi connectivity index (χ1v) is 8.62. The molecule has 120 valence electrons. The third kappa shape index (κ3) is 4.02. The van der Waals surface area contributed by atoms with E-state index in [9.17, 15) is 13.2 Å². The zero-order chi connectivity index (χ0) is 16.8. The lowest BCUT2D eigenvalue weighted by Gasteiger charge is -2.13. The highest BCUT2D eigenvalue weighted by molar-refractivity contribution is 7.93. The van der Waals surface area contributed by atoms with E-state index in [4.69, 9.17) is 10.3 Å². The van der Waals surface area contributed by atoms with Crippen molar-refractivity contribution < 1.29 is 22.7 Å². The molecule has 22 heavy (non-hydrogen) atoms. The Balaban J connectivity index is 3.31. The molecule has 1 atom stereocenters. The number of hydrogen-bond acceptors (Lipinski definition) is 4. The molecular formula is C15H20N2O4S. The van der Waals surface area contributed by atoms with Crippen molar-refractivity contribution in [3.8, 4) is 0 Å². The molecule has 0 saturated heterocycles. The normalized spacial score (nSPS) is 12.3. The smallest absolute Gasteiger partial charge is 0.418 e. The Hall–Kier alpha value is -1.98. The molecule has 0 saturated carbocycles. The Morgan fingerprint density at radius 2 is 1.86 bits per heavy atom. The number of nitrogens with zero attached hydrogens (tertiary/aromatic N) is 2. The molecule has 1 rings (SSSR count). The van der Waals surface area contributed by atoms with Gasteiger partial charge in [0.1, 0.15) is 0 Å². The van der Waals surface area contributed by atoms with E-state index >= 15 is 0 Å². The van der Waals surface area contributed by atoms with Crippen molar-refractivity contribution in [2.24, 2.45) is 0 Å². The quantitative estimate of drug-likeness (QED) is 0.332. The lowest BCUT2D eigenvalue weighted by Crippen LogP contribution is -2.37. The van der Waals surface area contributed by atoms with Gasteiger partial charge in [0, 0.05) is 0 Å². The number of carbonyl (C=O) groups excluding carboxylic acids is 1. The molecule has 0 radical (unpaired) electrons. The molecule has 0 bridgehead atoms. The zero-order valence-electron chi connectivity index (χ0n) is 12.9. The summed E-state index contributed by atoms with van der Waals surface area (Å²) in [4.78, 5) is 14.8. The van der Waals surface area contributed by atoms with E-state index in [2.05, 4.69) is 4.79 Å². The van der Waals surface area contributed by atoms with Crippen molar-refractivity contribution in [3.63, 3.8) is 0 Å². The van der Waals surface area contributed by atoms with Crippen LogP contribution in [-0.4, -0.2) is 36.7 Å². The summed E-state index contributed by atoms with van der Waals surface area (Å²) in [5.41, 5.74) is 9.54. The number of sulfone groups is 1. The van der Waals surface area contributed by atoms with Crippen LogP contribution in [0.2, 0.25) is 0 Å². The average Bonchev–Trinajstić information content (AvgIpc) is 2.48. The molecule has 1 unspecified atom stereocenters. The van der Waals surface area contributed by atoms with Crippen LogP contribution in [0.4, 0.5) is 0 Å². The molecule has 1 aromatic carbocycles. The van der Waals surface area contributed by atoms with Gasteiger partial charge in [-0.1, -0.05) is 31.0 Å². The summed E-state index contributed by atoms with van der Waals surface area (Å²) in [6.45, 7) is 5.30. The van der Waals surface area contributed by atoms with Crippen LogP contribution in [0.5, 0.6) is 0 Å². The predicted molar refractivity (Wildman–Crippen MR) is 82.3 cm³/mol. The van der Waals surface area contributed by atoms with Crippen LogP contribution >= 0.6 is 0 Å². The van der Waals surface area contributed by atoms with E-state index in [0.717, 1.165) is 5.56 Å². The number of aryl methyl sites for hydroxylation is 1. The largest absolute Gasteiger partial charge is 0.457 e. The molecule has 0 aliphatic heterocycles. The van der Waals surface area contributed by atoms with Gasteiger partial charge in [0.2, 0.25) is 0 Å². The van der Waals surface area contributed by atoms with E-state index < -0.39 is 26.8 Å². The van der Waals surface area contributed by atoms with Gasteiger partial charge in [-0.25, -0.2) is 13.2 Å². The van der Waals surface area contributed by atoms with E-state index in [0.29, 0.717) is 6.42 Å². The molecule has 0 aromatic heterocycles. The van der Waals surface area contributed by atoms with Crippen LogP contribution in [0.1, 0.15) is 32.3 Å². The Morgan fingerprint density at radius 3 is 2.32 bits per heavy atom. The van der Waals surface area contributed by atoms with Crippen LogP contribution < -0.4 is 0 Å². The van der Waals surface area contributed by atoms with E-state index in [1.165, 1.54) is 12.1 Å². The summed E-state index contributed by atoms with van der Waals surface area (Å²) in [7, 11) is -3.85. The van der Waals surface area contributed by atoms with Crippen molar-refractivity contribution >= 4 is 21.5 Å². The van der Waals surface area contributed by atoms with Gasteiger partial charge in [-0.2, -0.15) is 4.79 Å². The lowest BCUT2D eigenvalue weighted by atomic mass is 10.1. The number of carbonyl (C=O) groups is 1. The molecule has 0 aliphatic carbocycles. The van der Waals surface area contributed by atoms with Crippen molar-refractivity contribution in [2.45, 2.75) is 43.8 Å². The first-order chi connectivity index (χ1) is 10.4. The van der Waals surface area contributed by atoms with Crippen LogP contribution in [0.3, 0.4) is 0 Å². The molecule has 7 heteroatoms. The van der Waals surface area contributed by atoms with E-state index in [-0.39, 0.29) is 17.9 Å². The molecule has 0 fully saturated rings. The Bertz CT molecular complexity index is 674. The fraction of sp³-hybridized carbons (Fsp3) is 0.467. The number of esters is 1. The summed E-state index contributed by atoms with van der Waals surface area (Å²) in [5.74, 6) is -0.917. The maximum absolute atomic E-state index is 12.7. The SMILES string of the molecule is CCCC(C(=[N+]=[N-])C(=O)OCC)S(=O)(=O)c1ccc(C)cc1. The molecular weight excluding hydrogens is 304 g/mol. The maximum atomic E-state index is 12.7. The highest BCUT2D eigenvalue weighted by Crippen LogP contribution is 2.21. The minimum Gasteiger partial charge on any atom is -0.457 e. The highest BCUT2D eigenvalue weighted by Gasteiger charge is 2.42. The van der Waals surface area contributed by atoms with Crippen LogP contribution in [0.15, 0.2) is 29.2 Å². The fourth-order valence-electron chi connectivity index (χ4n) is 2.03. The second-order valence-electron chi connectivity index (χ2n) is 4.84. The predicted octanol–water partition coefficient (Wildman–Crippen LogP) is 2.17. The van der Waals surface area contributed by atoms with Crippen molar-refractivity contribution in [2.75, 3.05) is 6.61 Å². The number of rotatable bonds is 7. The van der Waals surface area contributed by atoms with Gasteiger partial charge in [0.05, 0.1) is 11.5 Å². The summed E-state index contributed by atoms with van der Waals surface area (Å²) in [6, 6.07) is 6.31. The summed E-state index contributed by atoms with van der Waals surface area (Å²) < 4.78 is 30.3.